The Morgan fingerprint density at radius 3 is 2.36 bits per heavy atom. The van der Waals surface area contributed by atoms with Crippen LogP contribution in [0.2, 0.25) is 0 Å². The number of carbonyl (C=O) groups is 1. The third kappa shape index (κ3) is 2.35. The van der Waals surface area contributed by atoms with Crippen molar-refractivity contribution in [3.63, 3.8) is 0 Å². The number of Topliss-reactive ketones (excluding diaryl/α,β-unsaturated/α-hetero) is 1. The molecule has 82 valence electrons. The van der Waals surface area contributed by atoms with Gasteiger partial charge < -0.3 is 4.74 Å². The molecule has 1 aliphatic heterocycles. The van der Waals surface area contributed by atoms with Gasteiger partial charge in [0.2, 0.25) is 0 Å². The van der Waals surface area contributed by atoms with Gasteiger partial charge in [-0.1, -0.05) is 20.8 Å². The number of carbonyl (C=O) groups excluding carboxylic acids is 1. The maximum absolute atomic E-state index is 12.1. The van der Waals surface area contributed by atoms with E-state index in [1.165, 1.54) is 0 Å². The van der Waals surface area contributed by atoms with Crippen LogP contribution in [0.5, 0.6) is 0 Å². The average Bonchev–Trinajstić information content (AvgIpc) is 2.16. The molecule has 0 spiro atoms. The molecule has 1 heterocycles. The van der Waals surface area contributed by atoms with Crippen molar-refractivity contribution < 1.29 is 9.53 Å². The Kier molecular flexibility index (Phi) is 3.71. The summed E-state index contributed by atoms with van der Waals surface area (Å²) in [7, 11) is 0. The molecule has 14 heavy (non-hydrogen) atoms. The molecule has 0 aromatic rings. The molecule has 2 unspecified atom stereocenters. The zero-order chi connectivity index (χ0) is 10.8. The molecule has 2 heteroatoms. The number of hydrogen-bond acceptors (Lipinski definition) is 2. The summed E-state index contributed by atoms with van der Waals surface area (Å²) >= 11 is 0. The van der Waals surface area contributed by atoms with E-state index in [9.17, 15) is 4.79 Å². The number of ether oxygens (including phenoxy) is 1. The highest BCUT2D eigenvalue weighted by atomic mass is 16.5. The Morgan fingerprint density at radius 2 is 1.93 bits per heavy atom. The summed E-state index contributed by atoms with van der Waals surface area (Å²) < 4.78 is 5.65. The van der Waals surface area contributed by atoms with Crippen LogP contribution in [-0.4, -0.2) is 18.0 Å². The van der Waals surface area contributed by atoms with Crippen LogP contribution in [0.4, 0.5) is 0 Å². The monoisotopic (exact) mass is 198 g/mol. The molecule has 2 nitrogen and oxygen atoms in total. The Hall–Kier alpha value is -0.370. The van der Waals surface area contributed by atoms with E-state index in [1.807, 2.05) is 13.8 Å². The standard InChI is InChI=1S/C12H22O2/c1-9(2)10(3)11(13)12(4)7-5-6-8-14-12/h9-10H,5-8H2,1-4H3. The molecule has 0 bridgehead atoms. The van der Waals surface area contributed by atoms with E-state index in [0.717, 1.165) is 25.9 Å². The highest BCUT2D eigenvalue weighted by molar-refractivity contribution is 5.89. The molecule has 1 rings (SSSR count). The Balaban J connectivity index is 2.66. The highest BCUT2D eigenvalue weighted by Gasteiger charge is 2.38. The maximum atomic E-state index is 12.1. The number of rotatable bonds is 3. The fourth-order valence-corrected chi connectivity index (χ4v) is 1.91. The molecule has 0 amide bonds. The molecule has 1 fully saturated rings. The Morgan fingerprint density at radius 1 is 1.29 bits per heavy atom. The second-order valence-electron chi connectivity index (χ2n) is 4.93. The molecule has 0 N–H and O–H groups in total. The zero-order valence-electron chi connectivity index (χ0n) is 9.80. The van der Waals surface area contributed by atoms with Crippen LogP contribution in [0.1, 0.15) is 47.0 Å². The second-order valence-corrected chi connectivity index (χ2v) is 4.93. The van der Waals surface area contributed by atoms with Gasteiger partial charge in [-0.15, -0.1) is 0 Å². The average molecular weight is 198 g/mol. The minimum Gasteiger partial charge on any atom is -0.367 e. The summed E-state index contributed by atoms with van der Waals surface area (Å²) in [5.41, 5.74) is -0.498. The van der Waals surface area contributed by atoms with Gasteiger partial charge in [-0.2, -0.15) is 0 Å². The lowest BCUT2D eigenvalue weighted by Gasteiger charge is -2.35. The van der Waals surface area contributed by atoms with Gasteiger partial charge >= 0.3 is 0 Å². The third-order valence-corrected chi connectivity index (χ3v) is 3.40. The molecule has 0 aromatic carbocycles. The van der Waals surface area contributed by atoms with Crippen molar-refractivity contribution in [2.24, 2.45) is 11.8 Å². The lowest BCUT2D eigenvalue weighted by atomic mass is 9.81. The summed E-state index contributed by atoms with van der Waals surface area (Å²) in [6.07, 6.45) is 3.11. The van der Waals surface area contributed by atoms with E-state index >= 15 is 0 Å². The maximum Gasteiger partial charge on any atom is 0.167 e. The van der Waals surface area contributed by atoms with E-state index < -0.39 is 5.60 Å². The number of ketones is 1. The zero-order valence-corrected chi connectivity index (χ0v) is 9.80. The van der Waals surface area contributed by atoms with Gasteiger partial charge in [0.1, 0.15) is 5.60 Å². The van der Waals surface area contributed by atoms with Crippen molar-refractivity contribution >= 4 is 5.78 Å². The van der Waals surface area contributed by atoms with Gasteiger partial charge in [-0.25, -0.2) is 0 Å². The highest BCUT2D eigenvalue weighted by Crippen LogP contribution is 2.30. The van der Waals surface area contributed by atoms with E-state index in [1.54, 1.807) is 0 Å². The van der Waals surface area contributed by atoms with Gasteiger partial charge in [-0.3, -0.25) is 4.79 Å². The van der Waals surface area contributed by atoms with Crippen LogP contribution in [0.25, 0.3) is 0 Å². The van der Waals surface area contributed by atoms with Gasteiger partial charge in [-0.05, 0) is 32.1 Å². The molecule has 2 atom stereocenters. The summed E-state index contributed by atoms with van der Waals surface area (Å²) in [6.45, 7) is 8.89. The first-order valence-electron chi connectivity index (χ1n) is 5.65. The van der Waals surface area contributed by atoms with Gasteiger partial charge in [0, 0.05) is 12.5 Å². The Bertz CT molecular complexity index is 202. The lowest BCUT2D eigenvalue weighted by Crippen LogP contribution is -2.45. The minimum absolute atomic E-state index is 0.109. The topological polar surface area (TPSA) is 26.3 Å². The van der Waals surface area contributed by atoms with Crippen LogP contribution in [0, 0.1) is 11.8 Å². The SMILES string of the molecule is CC(C)C(C)C(=O)C1(C)CCCCO1. The fourth-order valence-electron chi connectivity index (χ4n) is 1.91. The molecular weight excluding hydrogens is 176 g/mol. The van der Waals surface area contributed by atoms with E-state index in [-0.39, 0.29) is 11.7 Å². The quantitative estimate of drug-likeness (QED) is 0.697. The van der Waals surface area contributed by atoms with Crippen LogP contribution >= 0.6 is 0 Å². The minimum atomic E-state index is -0.498. The molecule has 0 radical (unpaired) electrons. The van der Waals surface area contributed by atoms with Crippen molar-refractivity contribution in [3.05, 3.63) is 0 Å². The van der Waals surface area contributed by atoms with E-state index in [0.29, 0.717) is 5.92 Å². The van der Waals surface area contributed by atoms with Gasteiger partial charge in [0.15, 0.2) is 5.78 Å². The van der Waals surface area contributed by atoms with E-state index in [4.69, 9.17) is 4.74 Å². The summed E-state index contributed by atoms with van der Waals surface area (Å²) in [5, 5.41) is 0. The Labute approximate surface area is 87.0 Å². The van der Waals surface area contributed by atoms with Crippen molar-refractivity contribution in [1.82, 2.24) is 0 Å². The molecule has 1 aliphatic rings. The molecule has 0 aromatic heterocycles. The van der Waals surface area contributed by atoms with E-state index in [2.05, 4.69) is 13.8 Å². The first kappa shape index (κ1) is 11.7. The van der Waals surface area contributed by atoms with Crippen LogP contribution in [0.3, 0.4) is 0 Å². The third-order valence-electron chi connectivity index (χ3n) is 3.40. The van der Waals surface area contributed by atoms with Crippen molar-refractivity contribution in [3.8, 4) is 0 Å². The predicted molar refractivity (Wildman–Crippen MR) is 57.2 cm³/mol. The summed E-state index contributed by atoms with van der Waals surface area (Å²) in [4.78, 5) is 12.1. The summed E-state index contributed by atoms with van der Waals surface area (Å²) in [6, 6.07) is 0. The molecular formula is C12H22O2. The largest absolute Gasteiger partial charge is 0.367 e. The van der Waals surface area contributed by atoms with Crippen molar-refractivity contribution in [2.75, 3.05) is 6.61 Å². The first-order chi connectivity index (χ1) is 6.47. The predicted octanol–water partition coefficient (Wildman–Crippen LogP) is 2.81. The van der Waals surface area contributed by atoms with Crippen molar-refractivity contribution in [1.29, 1.82) is 0 Å². The van der Waals surface area contributed by atoms with Crippen LogP contribution in [-0.2, 0) is 9.53 Å². The first-order valence-corrected chi connectivity index (χ1v) is 5.65. The van der Waals surface area contributed by atoms with Crippen molar-refractivity contribution in [2.45, 2.75) is 52.6 Å². The normalized spacial score (nSPS) is 30.4. The fraction of sp³-hybridized carbons (Fsp3) is 0.917. The van der Waals surface area contributed by atoms with Crippen LogP contribution < -0.4 is 0 Å². The molecule has 0 saturated carbocycles. The number of hydrogen-bond donors (Lipinski definition) is 0. The van der Waals surface area contributed by atoms with Gasteiger partial charge in [0.25, 0.3) is 0 Å². The van der Waals surface area contributed by atoms with Crippen LogP contribution in [0.15, 0.2) is 0 Å². The van der Waals surface area contributed by atoms with Gasteiger partial charge in [0.05, 0.1) is 0 Å². The second kappa shape index (κ2) is 4.43. The molecule has 1 saturated heterocycles. The lowest BCUT2D eigenvalue weighted by molar-refractivity contribution is -0.153. The smallest absolute Gasteiger partial charge is 0.167 e. The molecule has 0 aliphatic carbocycles. The summed E-state index contributed by atoms with van der Waals surface area (Å²) in [5.74, 6) is 0.801.